The van der Waals surface area contributed by atoms with E-state index in [0.717, 1.165) is 30.0 Å². The first kappa shape index (κ1) is 26.0. The largest absolute Gasteiger partial charge is 0.394 e. The number of aliphatic hydroxyl groups is 2. The van der Waals surface area contributed by atoms with E-state index in [4.69, 9.17) is 5.11 Å². The van der Waals surface area contributed by atoms with Crippen LogP contribution in [0.4, 0.5) is 13.2 Å². The van der Waals surface area contributed by atoms with E-state index in [1.165, 1.54) is 17.7 Å². The third kappa shape index (κ3) is 7.72. The van der Waals surface area contributed by atoms with Crippen LogP contribution in [-0.4, -0.2) is 49.4 Å². The zero-order valence-electron chi connectivity index (χ0n) is 18.9. The van der Waals surface area contributed by atoms with E-state index in [0.29, 0.717) is 41.8 Å². The maximum absolute atomic E-state index is 14.6. The molecule has 0 bridgehead atoms. The molecular formula is C25H28F3N3O2S. The number of hydrogen-bond acceptors (Lipinski definition) is 5. The minimum absolute atomic E-state index is 0.223. The van der Waals surface area contributed by atoms with Crippen LogP contribution in [0.15, 0.2) is 54.2 Å². The van der Waals surface area contributed by atoms with Gasteiger partial charge in [0.15, 0.2) is 11.6 Å². The summed E-state index contributed by atoms with van der Waals surface area (Å²) in [6.07, 6.45) is 5.05. The van der Waals surface area contributed by atoms with Crippen molar-refractivity contribution in [2.75, 3.05) is 18.1 Å². The molecule has 0 saturated carbocycles. The summed E-state index contributed by atoms with van der Waals surface area (Å²) in [6.45, 7) is 2.49. The number of benzene rings is 2. The molecule has 0 aliphatic carbocycles. The summed E-state index contributed by atoms with van der Waals surface area (Å²) < 4.78 is 42.9. The summed E-state index contributed by atoms with van der Waals surface area (Å²) in [5, 5.41) is 26.4. The number of nitrogens with zero attached hydrogens (tertiary/aromatic N) is 3. The van der Waals surface area contributed by atoms with Gasteiger partial charge < -0.3 is 10.2 Å². The minimum atomic E-state index is -0.965. The van der Waals surface area contributed by atoms with Gasteiger partial charge in [0.1, 0.15) is 5.82 Å². The van der Waals surface area contributed by atoms with Gasteiger partial charge in [-0.2, -0.15) is 11.8 Å². The van der Waals surface area contributed by atoms with Crippen LogP contribution < -0.4 is 0 Å². The second kappa shape index (κ2) is 12.7. The van der Waals surface area contributed by atoms with Gasteiger partial charge in [-0.1, -0.05) is 35.1 Å². The highest BCUT2D eigenvalue weighted by molar-refractivity contribution is 7.99. The van der Waals surface area contributed by atoms with E-state index in [9.17, 15) is 18.3 Å². The van der Waals surface area contributed by atoms with Gasteiger partial charge in [-0.3, -0.25) is 4.68 Å². The van der Waals surface area contributed by atoms with Crippen molar-refractivity contribution >= 4 is 11.8 Å². The Hall–Kier alpha value is -2.62. The Morgan fingerprint density at radius 2 is 1.79 bits per heavy atom. The molecule has 0 amide bonds. The Morgan fingerprint density at radius 3 is 2.50 bits per heavy atom. The van der Waals surface area contributed by atoms with E-state index >= 15 is 0 Å². The fourth-order valence-electron chi connectivity index (χ4n) is 3.28. The fraction of sp³-hybridized carbons (Fsp3) is 0.360. The number of allylic oxidation sites excluding steroid dienone is 1. The van der Waals surface area contributed by atoms with Crippen molar-refractivity contribution in [3.63, 3.8) is 0 Å². The molecule has 1 aromatic heterocycles. The van der Waals surface area contributed by atoms with Crippen molar-refractivity contribution in [1.29, 1.82) is 0 Å². The molecule has 3 aromatic rings. The monoisotopic (exact) mass is 491 g/mol. The third-order valence-corrected chi connectivity index (χ3v) is 6.37. The number of rotatable bonds is 12. The molecule has 0 unspecified atom stereocenters. The maximum Gasteiger partial charge on any atom is 0.159 e. The Balaban J connectivity index is 1.48. The average molecular weight is 492 g/mol. The molecule has 1 heterocycles. The maximum atomic E-state index is 14.6. The average Bonchev–Trinajstić information content (AvgIpc) is 3.29. The van der Waals surface area contributed by atoms with Crippen molar-refractivity contribution in [1.82, 2.24) is 15.0 Å². The van der Waals surface area contributed by atoms with Crippen LogP contribution in [0.1, 0.15) is 24.6 Å². The normalized spacial score (nSPS) is 12.8. The van der Waals surface area contributed by atoms with Gasteiger partial charge in [0, 0.05) is 24.2 Å². The van der Waals surface area contributed by atoms with Crippen molar-refractivity contribution in [3.8, 4) is 11.1 Å². The summed E-state index contributed by atoms with van der Waals surface area (Å²) in [5.74, 6) is -1.03. The van der Waals surface area contributed by atoms with E-state index in [2.05, 4.69) is 16.4 Å². The van der Waals surface area contributed by atoms with Crippen molar-refractivity contribution in [2.45, 2.75) is 38.8 Å². The highest BCUT2D eigenvalue weighted by atomic mass is 32.2. The first-order chi connectivity index (χ1) is 16.4. The lowest BCUT2D eigenvalue weighted by Crippen LogP contribution is -2.14. The van der Waals surface area contributed by atoms with Crippen molar-refractivity contribution in [3.05, 3.63) is 83.0 Å². The Kier molecular flexibility index (Phi) is 9.74. The van der Waals surface area contributed by atoms with Gasteiger partial charge in [0.2, 0.25) is 0 Å². The van der Waals surface area contributed by atoms with Gasteiger partial charge >= 0.3 is 0 Å². The number of thioether (sulfide) groups is 1. The molecule has 1 atom stereocenters. The van der Waals surface area contributed by atoms with Gasteiger partial charge in [0.25, 0.3) is 0 Å². The molecule has 0 aliphatic rings. The van der Waals surface area contributed by atoms with E-state index in [1.807, 2.05) is 13.1 Å². The number of aryl methyl sites for hydroxylation is 3. The van der Waals surface area contributed by atoms with E-state index in [-0.39, 0.29) is 6.61 Å². The molecule has 0 aliphatic heterocycles. The lowest BCUT2D eigenvalue weighted by atomic mass is 10.0. The molecular weight excluding hydrogens is 463 g/mol. The summed E-state index contributed by atoms with van der Waals surface area (Å²) in [7, 11) is 0. The molecule has 3 rings (SSSR count). The first-order valence-electron chi connectivity index (χ1n) is 11.0. The standard InChI is InChI=1S/C25H28F3N3O2S/c1-17(9-11-34-16-22(33)15-32)8-10-31-14-21(29-30-31)6-4-18-2-3-19(12-24(18)27)20-5-7-23(26)25(28)13-20/h2-3,5,7,9,12-14,22,32-33H,4,6,8,10-11,15-16H2,1H3/b17-9+/t22-/m0/s1. The van der Waals surface area contributed by atoms with Crippen LogP contribution in [0.3, 0.4) is 0 Å². The molecule has 182 valence electrons. The summed E-state index contributed by atoms with van der Waals surface area (Å²) in [4.78, 5) is 0. The van der Waals surface area contributed by atoms with Crippen LogP contribution in [0, 0.1) is 17.5 Å². The third-order valence-electron chi connectivity index (χ3n) is 5.35. The highest BCUT2D eigenvalue weighted by Crippen LogP contribution is 2.24. The Morgan fingerprint density at radius 1 is 1.06 bits per heavy atom. The molecule has 2 N–H and O–H groups in total. The quantitative estimate of drug-likeness (QED) is 0.287. The first-order valence-corrected chi connectivity index (χ1v) is 12.2. The Bertz CT molecular complexity index is 1120. The smallest absolute Gasteiger partial charge is 0.159 e. The lowest BCUT2D eigenvalue weighted by Gasteiger charge is -2.07. The van der Waals surface area contributed by atoms with Gasteiger partial charge in [-0.05, 0) is 61.1 Å². The van der Waals surface area contributed by atoms with Crippen LogP contribution in [-0.2, 0) is 19.4 Å². The number of hydrogen-bond donors (Lipinski definition) is 2. The summed E-state index contributed by atoms with van der Waals surface area (Å²) in [5.41, 5.74) is 3.38. The summed E-state index contributed by atoms with van der Waals surface area (Å²) in [6, 6.07) is 8.18. The molecule has 34 heavy (non-hydrogen) atoms. The van der Waals surface area contributed by atoms with E-state index < -0.39 is 23.6 Å². The molecule has 9 heteroatoms. The lowest BCUT2D eigenvalue weighted by molar-refractivity contribution is 0.113. The van der Waals surface area contributed by atoms with Crippen LogP contribution in [0.2, 0.25) is 0 Å². The second-order valence-corrected chi connectivity index (χ2v) is 9.16. The SMILES string of the molecule is C/C(=C\CSC[C@@H](O)CO)CCn1cc(CCc2ccc(-c3ccc(F)c(F)c3)cc2F)nn1. The highest BCUT2D eigenvalue weighted by Gasteiger charge is 2.10. The van der Waals surface area contributed by atoms with Gasteiger partial charge in [0.05, 0.1) is 18.4 Å². The molecule has 0 fully saturated rings. The Labute approximate surface area is 201 Å². The van der Waals surface area contributed by atoms with Gasteiger partial charge in [-0.15, -0.1) is 5.10 Å². The predicted molar refractivity (Wildman–Crippen MR) is 128 cm³/mol. The van der Waals surface area contributed by atoms with Gasteiger partial charge in [-0.25, -0.2) is 13.2 Å². The van der Waals surface area contributed by atoms with Crippen LogP contribution in [0.5, 0.6) is 0 Å². The summed E-state index contributed by atoms with van der Waals surface area (Å²) >= 11 is 1.56. The van der Waals surface area contributed by atoms with E-state index in [1.54, 1.807) is 28.6 Å². The number of aromatic nitrogens is 3. The van der Waals surface area contributed by atoms with Crippen molar-refractivity contribution < 1.29 is 23.4 Å². The molecule has 0 saturated heterocycles. The fourth-order valence-corrected chi connectivity index (χ4v) is 4.20. The molecule has 0 radical (unpaired) electrons. The number of halogens is 3. The molecule has 5 nitrogen and oxygen atoms in total. The zero-order valence-corrected chi connectivity index (χ0v) is 19.7. The van der Waals surface area contributed by atoms with Crippen molar-refractivity contribution in [2.24, 2.45) is 0 Å². The minimum Gasteiger partial charge on any atom is -0.394 e. The predicted octanol–water partition coefficient (Wildman–Crippen LogP) is 4.57. The van der Waals surface area contributed by atoms with Crippen LogP contribution in [0.25, 0.3) is 11.1 Å². The number of aliphatic hydroxyl groups excluding tert-OH is 2. The second-order valence-electron chi connectivity index (χ2n) is 8.08. The topological polar surface area (TPSA) is 71.2 Å². The molecule has 0 spiro atoms. The zero-order chi connectivity index (χ0) is 24.5. The van der Waals surface area contributed by atoms with Crippen LogP contribution >= 0.6 is 11.8 Å². The molecule has 2 aromatic carbocycles.